The molecule has 4 nitrogen and oxygen atoms in total. The maximum atomic E-state index is 12.2. The Kier molecular flexibility index (Phi) is 13.7. The zero-order valence-corrected chi connectivity index (χ0v) is 20.4. The van der Waals surface area contributed by atoms with Crippen molar-refractivity contribution in [2.45, 2.75) is 116 Å². The number of aromatic hydroxyl groups is 1. The van der Waals surface area contributed by atoms with Gasteiger partial charge in [0.1, 0.15) is 5.75 Å². The monoisotopic (exact) mass is 442 g/mol. The highest BCUT2D eigenvalue weighted by molar-refractivity contribution is 5.89. The molecule has 1 aromatic carbocycles. The molecule has 0 aliphatic carbocycles. The third-order valence-electron chi connectivity index (χ3n) is 6.45. The quantitative estimate of drug-likeness (QED) is 0.194. The second kappa shape index (κ2) is 16.6. The molecule has 0 atom stereocenters. The minimum absolute atomic E-state index is 0.0511. The first-order valence-corrected chi connectivity index (χ1v) is 13.3. The molecule has 32 heavy (non-hydrogen) atoms. The molecule has 1 aromatic heterocycles. The molecule has 180 valence electrons. The zero-order chi connectivity index (χ0) is 22.9. The smallest absolute Gasteiger partial charge is 0.224 e. The van der Waals surface area contributed by atoms with E-state index in [0.717, 1.165) is 29.4 Å². The number of amides is 1. The fourth-order valence-corrected chi connectivity index (χ4v) is 4.45. The summed E-state index contributed by atoms with van der Waals surface area (Å²) in [7, 11) is 0. The minimum Gasteiger partial charge on any atom is -0.508 e. The standard InChI is InChI=1S/C28H46N2O2/c1-2-3-4-5-6-7-8-9-10-11-12-13-14-15-16-17-20-29-28(32)21-24-23-30-27-19-18-25(31)22-26(24)27/h18-19,22-23,30-31H,2-17,20-21H2,1H3,(H,29,32). The number of phenolic OH excluding ortho intramolecular Hbond substituents is 1. The van der Waals surface area contributed by atoms with E-state index >= 15 is 0 Å². The van der Waals surface area contributed by atoms with Crippen molar-refractivity contribution < 1.29 is 9.90 Å². The number of benzene rings is 1. The van der Waals surface area contributed by atoms with E-state index in [2.05, 4.69) is 17.2 Å². The lowest BCUT2D eigenvalue weighted by molar-refractivity contribution is -0.120. The zero-order valence-electron chi connectivity index (χ0n) is 20.4. The Morgan fingerprint density at radius 3 is 1.91 bits per heavy atom. The summed E-state index contributed by atoms with van der Waals surface area (Å²) in [6, 6.07) is 5.20. The molecule has 0 spiro atoms. The summed E-state index contributed by atoms with van der Waals surface area (Å²) in [6.07, 6.45) is 24.0. The van der Waals surface area contributed by atoms with Crippen molar-refractivity contribution in [1.82, 2.24) is 10.3 Å². The van der Waals surface area contributed by atoms with Crippen LogP contribution in [0.4, 0.5) is 0 Å². The summed E-state index contributed by atoms with van der Waals surface area (Å²) in [4.78, 5) is 15.4. The molecule has 0 fully saturated rings. The number of H-pyrrole nitrogens is 1. The number of fused-ring (bicyclic) bond motifs is 1. The molecular weight excluding hydrogens is 396 g/mol. The number of carbonyl (C=O) groups excluding carboxylic acids is 1. The SMILES string of the molecule is CCCCCCCCCCCCCCCCCCNC(=O)Cc1c[nH]c2ccc(O)cc12. The molecule has 0 bridgehead atoms. The van der Waals surface area contributed by atoms with Gasteiger partial charge in [0.2, 0.25) is 5.91 Å². The third-order valence-corrected chi connectivity index (χ3v) is 6.45. The van der Waals surface area contributed by atoms with E-state index in [0.29, 0.717) is 6.42 Å². The molecule has 0 saturated heterocycles. The first-order chi connectivity index (χ1) is 15.7. The van der Waals surface area contributed by atoms with Crippen LogP contribution in [0.2, 0.25) is 0 Å². The predicted octanol–water partition coefficient (Wildman–Crippen LogP) is 7.79. The van der Waals surface area contributed by atoms with Gasteiger partial charge in [0.25, 0.3) is 0 Å². The van der Waals surface area contributed by atoms with Crippen LogP contribution in [0.1, 0.15) is 115 Å². The van der Waals surface area contributed by atoms with Crippen LogP contribution in [0.15, 0.2) is 24.4 Å². The summed E-state index contributed by atoms with van der Waals surface area (Å²) in [5.74, 6) is 0.280. The van der Waals surface area contributed by atoms with Crippen LogP contribution in [0.25, 0.3) is 10.9 Å². The number of hydrogen-bond acceptors (Lipinski definition) is 2. The molecule has 0 saturated carbocycles. The topological polar surface area (TPSA) is 65.1 Å². The van der Waals surface area contributed by atoms with Gasteiger partial charge in [-0.15, -0.1) is 0 Å². The normalized spacial score (nSPS) is 11.3. The van der Waals surface area contributed by atoms with Gasteiger partial charge in [-0.05, 0) is 30.2 Å². The van der Waals surface area contributed by atoms with E-state index in [9.17, 15) is 9.90 Å². The lowest BCUT2D eigenvalue weighted by atomic mass is 10.0. The molecule has 0 aliphatic rings. The molecule has 1 heterocycles. The van der Waals surface area contributed by atoms with Crippen LogP contribution in [0.3, 0.4) is 0 Å². The third kappa shape index (κ3) is 11.1. The van der Waals surface area contributed by atoms with E-state index in [-0.39, 0.29) is 11.7 Å². The maximum absolute atomic E-state index is 12.2. The number of aromatic nitrogens is 1. The lowest BCUT2D eigenvalue weighted by Gasteiger charge is -2.06. The summed E-state index contributed by atoms with van der Waals surface area (Å²) in [5, 5.41) is 13.6. The van der Waals surface area contributed by atoms with Gasteiger partial charge in [-0.25, -0.2) is 0 Å². The lowest BCUT2D eigenvalue weighted by Crippen LogP contribution is -2.25. The van der Waals surface area contributed by atoms with Gasteiger partial charge in [0.05, 0.1) is 6.42 Å². The fraction of sp³-hybridized carbons (Fsp3) is 0.679. The molecule has 2 aromatic rings. The number of hydrogen-bond donors (Lipinski definition) is 3. The first kappa shape index (κ1) is 26.3. The Hall–Kier alpha value is -1.97. The van der Waals surface area contributed by atoms with E-state index in [1.165, 1.54) is 96.3 Å². The number of aromatic amines is 1. The van der Waals surface area contributed by atoms with Gasteiger partial charge in [-0.3, -0.25) is 4.79 Å². The van der Waals surface area contributed by atoms with Gasteiger partial charge >= 0.3 is 0 Å². The van der Waals surface area contributed by atoms with E-state index in [4.69, 9.17) is 0 Å². The summed E-state index contributed by atoms with van der Waals surface area (Å²) in [5.41, 5.74) is 1.88. The Bertz CT molecular complexity index is 753. The average Bonchev–Trinajstić information content (AvgIpc) is 3.17. The predicted molar refractivity (Wildman–Crippen MR) is 136 cm³/mol. The molecule has 0 unspecified atom stereocenters. The van der Waals surface area contributed by atoms with Crippen LogP contribution in [0.5, 0.6) is 5.75 Å². The van der Waals surface area contributed by atoms with Crippen LogP contribution < -0.4 is 5.32 Å². The van der Waals surface area contributed by atoms with Crippen LogP contribution >= 0.6 is 0 Å². The maximum Gasteiger partial charge on any atom is 0.224 e. The van der Waals surface area contributed by atoms with Crippen LogP contribution in [0, 0.1) is 0 Å². The first-order valence-electron chi connectivity index (χ1n) is 13.3. The Labute approximate surface area is 195 Å². The molecule has 0 radical (unpaired) electrons. The summed E-state index contributed by atoms with van der Waals surface area (Å²) < 4.78 is 0. The van der Waals surface area contributed by atoms with Crippen molar-refractivity contribution in [2.24, 2.45) is 0 Å². The van der Waals surface area contributed by atoms with Crippen molar-refractivity contribution in [1.29, 1.82) is 0 Å². The number of carbonyl (C=O) groups is 1. The van der Waals surface area contributed by atoms with E-state index < -0.39 is 0 Å². The van der Waals surface area contributed by atoms with E-state index in [1.54, 1.807) is 12.1 Å². The molecule has 4 heteroatoms. The van der Waals surface area contributed by atoms with Crippen LogP contribution in [-0.4, -0.2) is 22.5 Å². The van der Waals surface area contributed by atoms with Gasteiger partial charge in [0.15, 0.2) is 0 Å². The largest absolute Gasteiger partial charge is 0.508 e. The second-order valence-electron chi connectivity index (χ2n) is 9.37. The molecule has 3 N–H and O–H groups in total. The highest BCUT2D eigenvalue weighted by Crippen LogP contribution is 2.23. The Balaban J connectivity index is 1.36. The highest BCUT2D eigenvalue weighted by atomic mass is 16.3. The minimum atomic E-state index is 0.0511. The average molecular weight is 443 g/mol. The number of phenols is 1. The fourth-order valence-electron chi connectivity index (χ4n) is 4.45. The molecule has 2 rings (SSSR count). The highest BCUT2D eigenvalue weighted by Gasteiger charge is 2.09. The van der Waals surface area contributed by atoms with Crippen molar-refractivity contribution in [3.63, 3.8) is 0 Å². The van der Waals surface area contributed by atoms with Crippen molar-refractivity contribution in [2.75, 3.05) is 6.54 Å². The van der Waals surface area contributed by atoms with Gasteiger partial charge < -0.3 is 15.4 Å². The van der Waals surface area contributed by atoms with Crippen molar-refractivity contribution in [3.05, 3.63) is 30.0 Å². The number of nitrogens with one attached hydrogen (secondary N) is 2. The number of unbranched alkanes of at least 4 members (excludes halogenated alkanes) is 15. The second-order valence-corrected chi connectivity index (χ2v) is 9.37. The Morgan fingerprint density at radius 1 is 0.812 bits per heavy atom. The molecule has 1 amide bonds. The van der Waals surface area contributed by atoms with Crippen molar-refractivity contribution >= 4 is 16.8 Å². The van der Waals surface area contributed by atoms with Gasteiger partial charge in [-0.1, -0.05) is 103 Å². The van der Waals surface area contributed by atoms with Gasteiger partial charge in [0, 0.05) is 23.6 Å². The molecular formula is C28H46N2O2. The summed E-state index contributed by atoms with van der Waals surface area (Å²) >= 11 is 0. The van der Waals surface area contributed by atoms with Crippen LogP contribution in [-0.2, 0) is 11.2 Å². The summed E-state index contributed by atoms with van der Waals surface area (Å²) in [6.45, 7) is 3.04. The Morgan fingerprint density at radius 2 is 1.34 bits per heavy atom. The van der Waals surface area contributed by atoms with Crippen molar-refractivity contribution in [3.8, 4) is 5.75 Å². The number of rotatable bonds is 19. The van der Waals surface area contributed by atoms with E-state index in [1.807, 2.05) is 12.3 Å². The van der Waals surface area contributed by atoms with Gasteiger partial charge in [-0.2, -0.15) is 0 Å². The molecule has 0 aliphatic heterocycles.